The van der Waals surface area contributed by atoms with Crippen LogP contribution in [0.25, 0.3) is 0 Å². The Labute approximate surface area is 111 Å². The molecule has 18 heavy (non-hydrogen) atoms. The van der Waals surface area contributed by atoms with E-state index in [2.05, 4.69) is 9.64 Å². The molecule has 108 valence electrons. The molecule has 1 saturated heterocycles. The van der Waals surface area contributed by atoms with Gasteiger partial charge in [0.2, 0.25) is 0 Å². The lowest BCUT2D eigenvalue weighted by molar-refractivity contribution is -0.174. The highest BCUT2D eigenvalue weighted by Gasteiger charge is 2.27. The third kappa shape index (κ3) is 6.81. The highest BCUT2D eigenvalue weighted by molar-refractivity contribution is 6.18. The molecule has 0 aliphatic carbocycles. The lowest BCUT2D eigenvalue weighted by atomic mass is 10.1. The molecule has 1 unspecified atom stereocenters. The minimum absolute atomic E-state index is 0.158. The monoisotopic (exact) mass is 287 g/mol. The van der Waals surface area contributed by atoms with Crippen LogP contribution in [0.15, 0.2) is 0 Å². The second-order valence-electron chi connectivity index (χ2n) is 4.71. The zero-order valence-electron chi connectivity index (χ0n) is 10.5. The summed E-state index contributed by atoms with van der Waals surface area (Å²) in [5.41, 5.74) is 0. The summed E-state index contributed by atoms with van der Waals surface area (Å²) in [5, 5.41) is 0. The van der Waals surface area contributed by atoms with Gasteiger partial charge in [0.05, 0.1) is 0 Å². The molecule has 0 bridgehead atoms. The molecule has 1 fully saturated rings. The summed E-state index contributed by atoms with van der Waals surface area (Å²) in [6.45, 7) is 0.781. The predicted molar refractivity (Wildman–Crippen MR) is 66.0 cm³/mol. The molecule has 0 N–H and O–H groups in total. The largest absolute Gasteiger partial charge is 0.411 e. The minimum atomic E-state index is -4.22. The molecule has 0 aromatic heterocycles. The van der Waals surface area contributed by atoms with Crippen LogP contribution in [0.1, 0.15) is 32.1 Å². The van der Waals surface area contributed by atoms with Crippen LogP contribution in [0.2, 0.25) is 0 Å². The van der Waals surface area contributed by atoms with Gasteiger partial charge in [-0.3, -0.25) is 4.90 Å². The van der Waals surface area contributed by atoms with Gasteiger partial charge < -0.3 is 4.74 Å². The Morgan fingerprint density at radius 3 is 2.67 bits per heavy atom. The molecule has 2 nitrogen and oxygen atoms in total. The zero-order chi connectivity index (χ0) is 13.4. The van der Waals surface area contributed by atoms with E-state index < -0.39 is 12.8 Å². The van der Waals surface area contributed by atoms with Crippen LogP contribution in [0.5, 0.6) is 0 Å². The quantitative estimate of drug-likeness (QED) is 0.548. The molecule has 1 aliphatic heterocycles. The van der Waals surface area contributed by atoms with Crippen LogP contribution < -0.4 is 0 Å². The van der Waals surface area contributed by atoms with Gasteiger partial charge in [0.1, 0.15) is 6.61 Å². The third-order valence-corrected chi connectivity index (χ3v) is 3.53. The fourth-order valence-electron chi connectivity index (χ4n) is 2.26. The minimum Gasteiger partial charge on any atom is -0.372 e. The van der Waals surface area contributed by atoms with Crippen LogP contribution in [0, 0.1) is 0 Å². The van der Waals surface area contributed by atoms with Crippen molar-refractivity contribution in [3.05, 3.63) is 0 Å². The standard InChI is InChI=1S/C12H21ClF3NO/c13-9-11-5-2-1-3-6-17(11)7-4-8-18-10-12(14,15)16/h11H,1-10H2. The van der Waals surface area contributed by atoms with Gasteiger partial charge in [-0.1, -0.05) is 12.8 Å². The van der Waals surface area contributed by atoms with Gasteiger partial charge in [-0.25, -0.2) is 0 Å². The number of alkyl halides is 4. The molecule has 1 heterocycles. The van der Waals surface area contributed by atoms with Crippen molar-refractivity contribution >= 4 is 11.6 Å². The van der Waals surface area contributed by atoms with Crippen LogP contribution in [0.3, 0.4) is 0 Å². The maximum atomic E-state index is 11.9. The number of rotatable bonds is 6. The normalized spacial score (nSPS) is 23.0. The van der Waals surface area contributed by atoms with E-state index in [0.717, 1.165) is 25.9 Å². The Hall–Kier alpha value is 0. The molecule has 0 saturated carbocycles. The maximum Gasteiger partial charge on any atom is 0.411 e. The lowest BCUT2D eigenvalue weighted by Gasteiger charge is -2.28. The number of hydrogen-bond donors (Lipinski definition) is 0. The van der Waals surface area contributed by atoms with Crippen molar-refractivity contribution in [1.29, 1.82) is 0 Å². The first-order valence-electron chi connectivity index (χ1n) is 6.47. The Morgan fingerprint density at radius 2 is 2.00 bits per heavy atom. The number of likely N-dealkylation sites (tertiary alicyclic amines) is 1. The summed E-state index contributed by atoms with van der Waals surface area (Å²) in [7, 11) is 0. The van der Waals surface area contributed by atoms with Crippen LogP contribution in [-0.2, 0) is 4.74 Å². The lowest BCUT2D eigenvalue weighted by Crippen LogP contribution is -2.37. The maximum absolute atomic E-state index is 11.9. The van der Waals surface area contributed by atoms with E-state index >= 15 is 0 Å². The molecule has 0 spiro atoms. The van der Waals surface area contributed by atoms with E-state index in [4.69, 9.17) is 11.6 Å². The van der Waals surface area contributed by atoms with Crippen molar-refractivity contribution in [2.75, 3.05) is 32.2 Å². The number of hydrogen-bond acceptors (Lipinski definition) is 2. The first-order chi connectivity index (χ1) is 8.53. The van der Waals surface area contributed by atoms with E-state index in [1.807, 2.05) is 0 Å². The van der Waals surface area contributed by atoms with Crippen molar-refractivity contribution in [3.63, 3.8) is 0 Å². The van der Waals surface area contributed by atoms with Gasteiger partial charge in [-0.15, -0.1) is 11.6 Å². The summed E-state index contributed by atoms with van der Waals surface area (Å²) < 4.78 is 40.2. The van der Waals surface area contributed by atoms with Crippen LogP contribution in [0.4, 0.5) is 13.2 Å². The van der Waals surface area contributed by atoms with Crippen molar-refractivity contribution < 1.29 is 17.9 Å². The van der Waals surface area contributed by atoms with Crippen molar-refractivity contribution in [2.24, 2.45) is 0 Å². The van der Waals surface area contributed by atoms with E-state index in [1.165, 1.54) is 12.8 Å². The highest BCUT2D eigenvalue weighted by Crippen LogP contribution is 2.18. The Bertz CT molecular complexity index is 226. The van der Waals surface area contributed by atoms with Gasteiger partial charge in [0, 0.05) is 25.1 Å². The molecular formula is C12H21ClF3NO. The number of ether oxygens (including phenoxy) is 1. The van der Waals surface area contributed by atoms with Crippen LogP contribution in [-0.4, -0.2) is 49.3 Å². The zero-order valence-corrected chi connectivity index (χ0v) is 11.3. The Kier molecular flexibility index (Phi) is 7.34. The van der Waals surface area contributed by atoms with Gasteiger partial charge in [-0.05, 0) is 25.8 Å². The van der Waals surface area contributed by atoms with Gasteiger partial charge in [-0.2, -0.15) is 13.2 Å². The van der Waals surface area contributed by atoms with Gasteiger partial charge in [0.25, 0.3) is 0 Å². The molecule has 1 atom stereocenters. The molecule has 0 aromatic carbocycles. The summed E-state index contributed by atoms with van der Waals surface area (Å²) in [4.78, 5) is 2.29. The van der Waals surface area contributed by atoms with E-state index in [-0.39, 0.29) is 6.61 Å². The second-order valence-corrected chi connectivity index (χ2v) is 5.02. The summed E-state index contributed by atoms with van der Waals surface area (Å²) in [5.74, 6) is 0.601. The van der Waals surface area contributed by atoms with Crippen molar-refractivity contribution in [2.45, 2.75) is 44.3 Å². The predicted octanol–water partition coefficient (Wildman–Crippen LogP) is 3.44. The smallest absolute Gasteiger partial charge is 0.372 e. The van der Waals surface area contributed by atoms with Gasteiger partial charge >= 0.3 is 6.18 Å². The molecular weight excluding hydrogens is 267 g/mol. The Balaban J connectivity index is 2.16. The van der Waals surface area contributed by atoms with Crippen molar-refractivity contribution in [3.8, 4) is 0 Å². The molecule has 1 rings (SSSR count). The van der Waals surface area contributed by atoms with Crippen LogP contribution >= 0.6 is 11.6 Å². The highest BCUT2D eigenvalue weighted by atomic mass is 35.5. The third-order valence-electron chi connectivity index (χ3n) is 3.18. The Morgan fingerprint density at radius 1 is 1.22 bits per heavy atom. The van der Waals surface area contributed by atoms with E-state index in [1.54, 1.807) is 0 Å². The van der Waals surface area contributed by atoms with Crippen molar-refractivity contribution in [1.82, 2.24) is 4.90 Å². The molecule has 1 aliphatic rings. The number of nitrogens with zero attached hydrogens (tertiary/aromatic N) is 1. The summed E-state index contributed by atoms with van der Waals surface area (Å²) >= 11 is 5.93. The first-order valence-corrected chi connectivity index (χ1v) is 7.01. The summed E-state index contributed by atoms with van der Waals surface area (Å²) in [6.07, 6.45) is 1.06. The first kappa shape index (κ1) is 16.1. The molecule has 0 amide bonds. The molecule has 6 heteroatoms. The summed E-state index contributed by atoms with van der Waals surface area (Å²) in [6, 6.07) is 0.372. The molecule has 0 aromatic rings. The molecule has 0 radical (unpaired) electrons. The fraction of sp³-hybridized carbons (Fsp3) is 1.00. The fourth-order valence-corrected chi connectivity index (χ4v) is 2.61. The SMILES string of the molecule is FC(F)(F)COCCCN1CCCCCC1CCl. The van der Waals surface area contributed by atoms with E-state index in [0.29, 0.717) is 18.3 Å². The number of halogens is 4. The van der Waals surface area contributed by atoms with E-state index in [9.17, 15) is 13.2 Å². The average Bonchev–Trinajstić information content (AvgIpc) is 2.52. The average molecular weight is 288 g/mol. The second kappa shape index (κ2) is 8.23. The topological polar surface area (TPSA) is 12.5 Å². The van der Waals surface area contributed by atoms with Gasteiger partial charge in [0.15, 0.2) is 0 Å².